The van der Waals surface area contributed by atoms with Gasteiger partial charge in [0.15, 0.2) is 17.5 Å². The zero-order valence-electron chi connectivity index (χ0n) is 37.0. The van der Waals surface area contributed by atoms with Crippen molar-refractivity contribution in [2.24, 2.45) is 0 Å². The van der Waals surface area contributed by atoms with Crippen LogP contribution >= 0.6 is 0 Å². The maximum Gasteiger partial charge on any atom is 0.164 e. The van der Waals surface area contributed by atoms with Gasteiger partial charge in [-0.2, -0.15) is 0 Å². The highest BCUT2D eigenvalue weighted by Gasteiger charge is 2.20. The highest BCUT2D eigenvalue weighted by atomic mass is 15.0. The molecule has 0 aliphatic rings. The molecule has 5 nitrogen and oxygen atoms in total. The van der Waals surface area contributed by atoms with Crippen molar-refractivity contribution in [2.75, 3.05) is 0 Å². The van der Waals surface area contributed by atoms with E-state index < -0.39 is 0 Å². The predicted octanol–water partition coefficient (Wildman–Crippen LogP) is 15.7. The zero-order valence-corrected chi connectivity index (χ0v) is 37.0. The molecule has 0 radical (unpaired) electrons. The van der Waals surface area contributed by atoms with E-state index in [1.165, 1.54) is 55.0 Å². The van der Waals surface area contributed by atoms with E-state index in [9.17, 15) is 0 Å². The predicted molar refractivity (Wildman–Crippen MR) is 274 cm³/mol. The van der Waals surface area contributed by atoms with Crippen molar-refractivity contribution in [3.63, 3.8) is 0 Å². The summed E-state index contributed by atoms with van der Waals surface area (Å²) < 4.78 is 4.81. The Morgan fingerprint density at radius 2 is 0.788 bits per heavy atom. The number of hydrogen-bond donors (Lipinski definition) is 0. The fourth-order valence-electron chi connectivity index (χ4n) is 9.64. The number of aromatic nitrogens is 5. The molecule has 66 heavy (non-hydrogen) atoms. The van der Waals surface area contributed by atoms with Gasteiger partial charge in [0.1, 0.15) is 0 Å². The maximum absolute atomic E-state index is 5.04. The van der Waals surface area contributed by atoms with E-state index in [0.717, 1.165) is 44.5 Å². The third-order valence-corrected chi connectivity index (χ3v) is 13.0. The molecular formula is C61H45N5. The van der Waals surface area contributed by atoms with E-state index >= 15 is 0 Å². The normalized spacial score (nSPS) is 11.9. The first-order chi connectivity index (χ1) is 32.4. The van der Waals surface area contributed by atoms with Crippen molar-refractivity contribution < 1.29 is 0 Å². The second kappa shape index (κ2) is 15.7. The quantitative estimate of drug-likeness (QED) is 0.161. The van der Waals surface area contributed by atoms with Gasteiger partial charge >= 0.3 is 0 Å². The Morgan fingerprint density at radius 3 is 1.44 bits per heavy atom. The molecule has 0 bridgehead atoms. The molecular weight excluding hydrogens is 803 g/mol. The zero-order chi connectivity index (χ0) is 44.4. The minimum absolute atomic E-state index is 0.0885. The van der Waals surface area contributed by atoms with Crippen LogP contribution < -0.4 is 0 Å². The van der Waals surface area contributed by atoms with Crippen LogP contribution in [0, 0.1) is 0 Å². The van der Waals surface area contributed by atoms with E-state index in [1.807, 2.05) is 60.7 Å². The molecule has 314 valence electrons. The van der Waals surface area contributed by atoms with Crippen molar-refractivity contribution in [1.82, 2.24) is 24.1 Å². The second-order valence-corrected chi connectivity index (χ2v) is 18.1. The van der Waals surface area contributed by atoms with Crippen LogP contribution in [0.15, 0.2) is 218 Å². The highest BCUT2D eigenvalue weighted by Crippen LogP contribution is 2.41. The van der Waals surface area contributed by atoms with E-state index in [1.54, 1.807) is 0 Å². The molecule has 12 rings (SSSR count). The molecule has 12 aromatic rings. The molecule has 5 heteroatoms. The molecule has 0 atom stereocenters. The molecule has 0 saturated carbocycles. The van der Waals surface area contributed by atoms with Crippen molar-refractivity contribution in [3.8, 4) is 67.8 Å². The summed E-state index contributed by atoms with van der Waals surface area (Å²) >= 11 is 0. The SMILES string of the molecule is CC(C)(C)c1ccc(-n2c3ccccc3c3ccc(-c4ccc(-n5c6ccccc6c6c(-c7cccc(-c8nc(-c9ccccc9)nc(-c9ccccc9)n8)c7)cccc65)cc4)cc32)cc1. The van der Waals surface area contributed by atoms with Gasteiger partial charge in [-0.05, 0) is 87.8 Å². The molecule has 3 aromatic heterocycles. The lowest BCUT2D eigenvalue weighted by molar-refractivity contribution is 0.590. The summed E-state index contributed by atoms with van der Waals surface area (Å²) in [5.41, 5.74) is 15.8. The first-order valence-corrected chi connectivity index (χ1v) is 22.6. The van der Waals surface area contributed by atoms with Gasteiger partial charge < -0.3 is 9.13 Å². The summed E-state index contributed by atoms with van der Waals surface area (Å²) in [6, 6.07) is 78.0. The van der Waals surface area contributed by atoms with Crippen molar-refractivity contribution in [3.05, 3.63) is 224 Å². The van der Waals surface area contributed by atoms with Gasteiger partial charge in [-0.15, -0.1) is 0 Å². The maximum atomic E-state index is 5.04. The molecule has 0 saturated heterocycles. The van der Waals surface area contributed by atoms with Gasteiger partial charge in [-0.25, -0.2) is 15.0 Å². The molecule has 0 N–H and O–H groups in total. The minimum Gasteiger partial charge on any atom is -0.309 e. The number of rotatable bonds is 7. The van der Waals surface area contributed by atoms with Crippen molar-refractivity contribution in [1.29, 1.82) is 0 Å². The molecule has 9 aromatic carbocycles. The molecule has 0 unspecified atom stereocenters. The topological polar surface area (TPSA) is 48.5 Å². The third kappa shape index (κ3) is 6.76. The molecule has 0 fully saturated rings. The van der Waals surface area contributed by atoms with Crippen LogP contribution in [0.5, 0.6) is 0 Å². The van der Waals surface area contributed by atoms with Gasteiger partial charge in [0, 0.05) is 49.6 Å². The first kappa shape index (κ1) is 39.2. The van der Waals surface area contributed by atoms with E-state index in [4.69, 9.17) is 15.0 Å². The number of para-hydroxylation sites is 2. The Kier molecular flexibility index (Phi) is 9.32. The third-order valence-electron chi connectivity index (χ3n) is 13.0. The standard InChI is InChI=1S/C61H45N5/c1-61(2,3)46-31-35-48(36-32-46)66-53-25-12-10-22-50(53)51-37-30-43(39-56(51)66)40-28-33-47(34-29-40)65-54-26-13-11-23-52(54)57-49(24-15-27-55(57)65)44-20-14-21-45(38-44)60-63-58(41-16-6-4-7-17-41)62-59(64-60)42-18-8-5-9-19-42/h4-39H,1-3H3. The lowest BCUT2D eigenvalue weighted by Gasteiger charge is -2.19. The monoisotopic (exact) mass is 847 g/mol. The summed E-state index contributed by atoms with van der Waals surface area (Å²) in [6.45, 7) is 6.80. The minimum atomic E-state index is 0.0885. The average Bonchev–Trinajstić information content (AvgIpc) is 3.89. The van der Waals surface area contributed by atoms with E-state index in [0.29, 0.717) is 17.5 Å². The Hall–Kier alpha value is -8.41. The Morgan fingerprint density at radius 1 is 0.318 bits per heavy atom. The highest BCUT2D eigenvalue weighted by molar-refractivity contribution is 6.16. The van der Waals surface area contributed by atoms with Crippen LogP contribution in [0.2, 0.25) is 0 Å². The summed E-state index contributed by atoms with van der Waals surface area (Å²) in [5.74, 6) is 1.92. The Labute approximate surface area is 384 Å². The lowest BCUT2D eigenvalue weighted by atomic mass is 9.87. The summed E-state index contributed by atoms with van der Waals surface area (Å²) in [5, 5.41) is 4.91. The lowest BCUT2D eigenvalue weighted by Crippen LogP contribution is -2.10. The smallest absolute Gasteiger partial charge is 0.164 e. The summed E-state index contributed by atoms with van der Waals surface area (Å²) in [4.78, 5) is 15.0. The fraction of sp³-hybridized carbons (Fsp3) is 0.0656. The largest absolute Gasteiger partial charge is 0.309 e. The van der Waals surface area contributed by atoms with Crippen LogP contribution in [-0.2, 0) is 5.41 Å². The molecule has 0 aliphatic carbocycles. The van der Waals surface area contributed by atoms with Crippen LogP contribution in [0.3, 0.4) is 0 Å². The molecule has 0 spiro atoms. The van der Waals surface area contributed by atoms with Crippen LogP contribution in [-0.4, -0.2) is 24.1 Å². The van der Waals surface area contributed by atoms with Gasteiger partial charge in [0.2, 0.25) is 0 Å². The number of hydrogen-bond acceptors (Lipinski definition) is 3. The molecule has 0 aliphatic heterocycles. The molecule has 0 amide bonds. The summed E-state index contributed by atoms with van der Waals surface area (Å²) in [7, 11) is 0. The number of fused-ring (bicyclic) bond motifs is 6. The van der Waals surface area contributed by atoms with Gasteiger partial charge in [0.25, 0.3) is 0 Å². The van der Waals surface area contributed by atoms with Gasteiger partial charge in [-0.3, -0.25) is 0 Å². The van der Waals surface area contributed by atoms with Gasteiger partial charge in [0.05, 0.1) is 22.1 Å². The summed E-state index contributed by atoms with van der Waals surface area (Å²) in [6.07, 6.45) is 0. The Balaban J connectivity index is 0.941. The van der Waals surface area contributed by atoms with Crippen molar-refractivity contribution in [2.45, 2.75) is 26.2 Å². The first-order valence-electron chi connectivity index (χ1n) is 22.6. The molecule has 3 heterocycles. The van der Waals surface area contributed by atoms with E-state index in [2.05, 4.69) is 188 Å². The van der Waals surface area contributed by atoms with E-state index in [-0.39, 0.29) is 5.41 Å². The van der Waals surface area contributed by atoms with Crippen LogP contribution in [0.4, 0.5) is 0 Å². The number of nitrogens with zero attached hydrogens (tertiary/aromatic N) is 5. The Bertz CT molecular complexity index is 3710. The second-order valence-electron chi connectivity index (χ2n) is 18.1. The fourth-order valence-corrected chi connectivity index (χ4v) is 9.64. The van der Waals surface area contributed by atoms with Crippen LogP contribution in [0.25, 0.3) is 111 Å². The van der Waals surface area contributed by atoms with Gasteiger partial charge in [-0.1, -0.05) is 185 Å². The van der Waals surface area contributed by atoms with Crippen molar-refractivity contribution >= 4 is 43.6 Å². The van der Waals surface area contributed by atoms with Crippen LogP contribution in [0.1, 0.15) is 26.3 Å². The number of benzene rings is 9. The average molecular weight is 848 g/mol.